The molecule has 0 radical (unpaired) electrons. The first-order chi connectivity index (χ1) is 11.9. The number of ether oxygens (including phenoxy) is 4. The van der Waals surface area contributed by atoms with Gasteiger partial charge in [-0.2, -0.15) is 0 Å². The van der Waals surface area contributed by atoms with Crippen molar-refractivity contribution in [1.29, 1.82) is 0 Å². The molecule has 0 saturated heterocycles. The van der Waals surface area contributed by atoms with Crippen LogP contribution in [0.15, 0.2) is 24.3 Å². The molecular weight excluding hydrogens is 320 g/mol. The molecule has 0 N–H and O–H groups in total. The summed E-state index contributed by atoms with van der Waals surface area (Å²) in [7, 11) is 4.69. The van der Waals surface area contributed by atoms with Crippen molar-refractivity contribution in [2.45, 2.75) is 26.9 Å². The quantitative estimate of drug-likeness (QED) is 0.702. The van der Waals surface area contributed by atoms with Gasteiger partial charge < -0.3 is 18.9 Å². The number of hydrogen-bond acceptors (Lipinski definition) is 5. The third-order valence-electron chi connectivity index (χ3n) is 3.73. The Morgan fingerprint density at radius 2 is 1.44 bits per heavy atom. The van der Waals surface area contributed by atoms with Crippen molar-refractivity contribution in [2.75, 3.05) is 21.3 Å². The van der Waals surface area contributed by atoms with E-state index in [4.69, 9.17) is 18.9 Å². The first-order valence-electron chi connectivity index (χ1n) is 8.02. The van der Waals surface area contributed by atoms with Crippen LogP contribution in [-0.4, -0.2) is 33.7 Å². The summed E-state index contributed by atoms with van der Waals surface area (Å²) < 4.78 is 22.4. The molecule has 5 heteroatoms. The lowest BCUT2D eigenvalue weighted by Gasteiger charge is -2.21. The van der Waals surface area contributed by atoms with Crippen molar-refractivity contribution in [3.63, 3.8) is 0 Å². The molecule has 0 fully saturated rings. The van der Waals surface area contributed by atoms with E-state index in [1.807, 2.05) is 32.9 Å². The molecule has 2 rings (SSSR count). The van der Waals surface area contributed by atoms with Gasteiger partial charge in [-0.1, -0.05) is 0 Å². The maximum atomic E-state index is 11.7. The molecule has 0 atom stereocenters. The zero-order valence-electron chi connectivity index (χ0n) is 15.5. The van der Waals surface area contributed by atoms with Crippen LogP contribution in [0.3, 0.4) is 0 Å². The molecule has 25 heavy (non-hydrogen) atoms. The number of rotatable bonds is 7. The highest BCUT2D eigenvalue weighted by Gasteiger charge is 2.23. The maximum Gasteiger partial charge on any atom is 0.150 e. The number of benzene rings is 2. The second kappa shape index (κ2) is 7.92. The van der Waals surface area contributed by atoms with E-state index in [0.29, 0.717) is 39.7 Å². The van der Waals surface area contributed by atoms with Gasteiger partial charge in [-0.3, -0.25) is 4.79 Å². The molecule has 0 aliphatic heterocycles. The molecule has 0 aliphatic rings. The van der Waals surface area contributed by atoms with Gasteiger partial charge in [0.25, 0.3) is 0 Å². The average molecular weight is 344 g/mol. The van der Waals surface area contributed by atoms with Gasteiger partial charge >= 0.3 is 0 Å². The van der Waals surface area contributed by atoms with Gasteiger partial charge in [0.2, 0.25) is 0 Å². The summed E-state index contributed by atoms with van der Waals surface area (Å²) in [5, 5.41) is 0. The first kappa shape index (κ1) is 18.6. The van der Waals surface area contributed by atoms with Gasteiger partial charge in [0.05, 0.1) is 33.0 Å². The molecule has 5 nitrogen and oxygen atoms in total. The smallest absolute Gasteiger partial charge is 0.150 e. The Morgan fingerprint density at radius 3 is 1.96 bits per heavy atom. The lowest BCUT2D eigenvalue weighted by Crippen LogP contribution is -2.08. The van der Waals surface area contributed by atoms with E-state index in [9.17, 15) is 4.79 Å². The van der Waals surface area contributed by atoms with Crippen LogP contribution in [-0.2, 0) is 0 Å². The van der Waals surface area contributed by atoms with E-state index in [2.05, 4.69) is 0 Å². The summed E-state index contributed by atoms with van der Waals surface area (Å²) in [5.74, 6) is 2.30. The molecule has 0 heterocycles. The molecule has 0 bridgehead atoms. The van der Waals surface area contributed by atoms with E-state index >= 15 is 0 Å². The monoisotopic (exact) mass is 344 g/mol. The second-order valence-corrected chi connectivity index (χ2v) is 5.92. The largest absolute Gasteiger partial charge is 0.497 e. The highest BCUT2D eigenvalue weighted by atomic mass is 16.5. The summed E-state index contributed by atoms with van der Waals surface area (Å²) in [6.07, 6.45) is 0.743. The van der Waals surface area contributed by atoms with Crippen LogP contribution >= 0.6 is 0 Å². The molecule has 0 spiro atoms. The van der Waals surface area contributed by atoms with Crippen LogP contribution in [0, 0.1) is 6.92 Å². The zero-order valence-corrected chi connectivity index (χ0v) is 15.5. The Hall–Kier alpha value is -2.69. The predicted molar refractivity (Wildman–Crippen MR) is 97.4 cm³/mol. The van der Waals surface area contributed by atoms with Crippen LogP contribution in [0.1, 0.15) is 29.8 Å². The summed E-state index contributed by atoms with van der Waals surface area (Å²) in [6.45, 7) is 5.86. The first-order valence-corrected chi connectivity index (χ1v) is 8.02. The van der Waals surface area contributed by atoms with Gasteiger partial charge in [0, 0.05) is 17.2 Å². The second-order valence-electron chi connectivity index (χ2n) is 5.92. The van der Waals surface area contributed by atoms with Gasteiger partial charge in [0.1, 0.15) is 23.0 Å². The van der Waals surface area contributed by atoms with Crippen LogP contribution < -0.4 is 18.9 Å². The fraction of sp³-hybridized carbons (Fsp3) is 0.350. The molecule has 0 saturated carbocycles. The minimum Gasteiger partial charge on any atom is -0.497 e. The standard InChI is InChI=1S/C20H24O5/c1-12(2)25-18-8-13(3)7-16(23-5)20(18)19-14(11-21)9-15(22-4)10-17(19)24-6/h7-12H,1-6H3. The molecule has 2 aromatic rings. The van der Waals surface area contributed by atoms with E-state index in [-0.39, 0.29) is 6.10 Å². The van der Waals surface area contributed by atoms with Crippen molar-refractivity contribution in [2.24, 2.45) is 0 Å². The number of methoxy groups -OCH3 is 3. The van der Waals surface area contributed by atoms with Crippen molar-refractivity contribution >= 4 is 6.29 Å². The van der Waals surface area contributed by atoms with Gasteiger partial charge in [-0.25, -0.2) is 0 Å². The average Bonchev–Trinajstić information content (AvgIpc) is 2.59. The van der Waals surface area contributed by atoms with Gasteiger partial charge in [-0.05, 0) is 44.5 Å². The normalized spacial score (nSPS) is 10.5. The minimum absolute atomic E-state index is 0.0332. The summed E-state index contributed by atoms with van der Waals surface area (Å²) in [4.78, 5) is 11.7. The third-order valence-corrected chi connectivity index (χ3v) is 3.73. The number of aldehydes is 1. The van der Waals surface area contributed by atoms with Crippen LogP contribution in [0.4, 0.5) is 0 Å². The predicted octanol–water partition coefficient (Wildman–Crippen LogP) is 4.29. The molecule has 0 aliphatic carbocycles. The van der Waals surface area contributed by atoms with Gasteiger partial charge in [-0.15, -0.1) is 0 Å². The molecule has 134 valence electrons. The Kier molecular flexibility index (Phi) is 5.91. The number of hydrogen-bond donors (Lipinski definition) is 0. The molecule has 0 amide bonds. The Bertz CT molecular complexity index is 765. The SMILES string of the molecule is COc1cc(C=O)c(-c2c(OC)cc(C)cc2OC(C)C)c(OC)c1. The molecular formula is C20H24O5. The van der Waals surface area contributed by atoms with E-state index in [0.717, 1.165) is 11.8 Å². The molecule has 0 aromatic heterocycles. The summed E-state index contributed by atoms with van der Waals surface area (Å²) >= 11 is 0. The number of carbonyl (C=O) groups excluding carboxylic acids is 1. The molecule has 0 unspecified atom stereocenters. The van der Waals surface area contributed by atoms with E-state index in [1.54, 1.807) is 33.5 Å². The Labute approximate surface area is 148 Å². The van der Waals surface area contributed by atoms with Crippen molar-refractivity contribution < 1.29 is 23.7 Å². The van der Waals surface area contributed by atoms with Gasteiger partial charge in [0.15, 0.2) is 6.29 Å². The topological polar surface area (TPSA) is 54.0 Å². The van der Waals surface area contributed by atoms with Crippen molar-refractivity contribution in [1.82, 2.24) is 0 Å². The molecule has 2 aromatic carbocycles. The highest BCUT2D eigenvalue weighted by molar-refractivity contribution is 5.95. The highest BCUT2D eigenvalue weighted by Crippen LogP contribution is 2.46. The fourth-order valence-corrected chi connectivity index (χ4v) is 2.73. The van der Waals surface area contributed by atoms with Crippen molar-refractivity contribution in [3.8, 4) is 34.1 Å². The third kappa shape index (κ3) is 3.87. The van der Waals surface area contributed by atoms with E-state index in [1.165, 1.54) is 0 Å². The lowest BCUT2D eigenvalue weighted by molar-refractivity contribution is 0.112. The van der Waals surface area contributed by atoms with Crippen LogP contribution in [0.5, 0.6) is 23.0 Å². The Morgan fingerprint density at radius 1 is 0.840 bits per heavy atom. The lowest BCUT2D eigenvalue weighted by atomic mass is 9.95. The zero-order chi connectivity index (χ0) is 18.6. The van der Waals surface area contributed by atoms with Crippen molar-refractivity contribution in [3.05, 3.63) is 35.4 Å². The number of aryl methyl sites for hydroxylation is 1. The van der Waals surface area contributed by atoms with E-state index < -0.39 is 0 Å². The summed E-state index contributed by atoms with van der Waals surface area (Å²) in [6, 6.07) is 7.24. The van der Waals surface area contributed by atoms with Crippen LogP contribution in [0.2, 0.25) is 0 Å². The minimum atomic E-state index is -0.0332. The van der Waals surface area contributed by atoms with Crippen LogP contribution in [0.25, 0.3) is 11.1 Å². The number of carbonyl (C=O) groups is 1. The fourth-order valence-electron chi connectivity index (χ4n) is 2.73. The maximum absolute atomic E-state index is 11.7. The Balaban J connectivity index is 2.86. The summed E-state index contributed by atoms with van der Waals surface area (Å²) in [5.41, 5.74) is 2.73.